The Bertz CT molecular complexity index is 1050. The Morgan fingerprint density at radius 3 is 2.75 bits per heavy atom. The van der Waals surface area contributed by atoms with E-state index in [9.17, 15) is 22.8 Å². The zero-order chi connectivity index (χ0) is 26.5. The SMILES string of the molecule is CCCN(C)S(=O)(=O)N1CC[C@H]2[C@H]1[C@H](C)C(=O)N2c1nc(CCOC(=O)NCCC(=O)OCC)cs1. The number of rotatable bonds is 12. The number of nitrogens with zero attached hydrogens (tertiary/aromatic N) is 4. The maximum atomic E-state index is 13.1. The highest BCUT2D eigenvalue weighted by molar-refractivity contribution is 7.86. The predicted octanol–water partition coefficient (Wildman–Crippen LogP) is 1.38. The molecule has 3 atom stereocenters. The molecule has 1 aromatic heterocycles. The molecule has 0 radical (unpaired) electrons. The van der Waals surface area contributed by atoms with Crippen LogP contribution in [0.25, 0.3) is 0 Å². The summed E-state index contributed by atoms with van der Waals surface area (Å²) in [5, 5.41) is 4.82. The Labute approximate surface area is 216 Å². The molecule has 1 aromatic rings. The number of thiazole rings is 1. The third-order valence-corrected chi connectivity index (χ3v) is 9.19. The number of nitrogens with one attached hydrogen (secondary N) is 1. The maximum absolute atomic E-state index is 13.1. The van der Waals surface area contributed by atoms with E-state index in [2.05, 4.69) is 10.3 Å². The smallest absolute Gasteiger partial charge is 0.407 e. The van der Waals surface area contributed by atoms with Crippen LogP contribution in [0.15, 0.2) is 5.38 Å². The van der Waals surface area contributed by atoms with Crippen LogP contribution in [0.4, 0.5) is 9.93 Å². The number of anilines is 1. The molecule has 0 aromatic carbocycles. The van der Waals surface area contributed by atoms with Gasteiger partial charge < -0.3 is 14.8 Å². The molecule has 2 fully saturated rings. The molecule has 3 rings (SSSR count). The van der Waals surface area contributed by atoms with Crippen molar-refractivity contribution in [2.45, 2.75) is 58.5 Å². The molecule has 0 unspecified atom stereocenters. The van der Waals surface area contributed by atoms with Gasteiger partial charge in [-0.1, -0.05) is 13.8 Å². The highest BCUT2D eigenvalue weighted by atomic mass is 32.2. The van der Waals surface area contributed by atoms with Gasteiger partial charge in [0.15, 0.2) is 5.13 Å². The Hall–Kier alpha value is -2.29. The van der Waals surface area contributed by atoms with Gasteiger partial charge in [-0.05, 0) is 19.8 Å². The summed E-state index contributed by atoms with van der Waals surface area (Å²) in [6, 6.07) is -0.700. The van der Waals surface area contributed by atoms with Gasteiger partial charge in [0.1, 0.15) is 0 Å². The van der Waals surface area contributed by atoms with Gasteiger partial charge in [0.05, 0.1) is 43.3 Å². The summed E-state index contributed by atoms with van der Waals surface area (Å²) in [6.07, 6.45) is 1.04. The minimum atomic E-state index is -3.66. The van der Waals surface area contributed by atoms with Crippen molar-refractivity contribution < 1.29 is 32.3 Å². The molecule has 2 aliphatic heterocycles. The average molecular weight is 546 g/mol. The zero-order valence-electron chi connectivity index (χ0n) is 21.1. The first kappa shape index (κ1) is 28.3. The lowest BCUT2D eigenvalue weighted by molar-refractivity contribution is -0.142. The van der Waals surface area contributed by atoms with E-state index in [1.54, 1.807) is 31.2 Å². The topological polar surface area (TPSA) is 138 Å². The van der Waals surface area contributed by atoms with Crippen molar-refractivity contribution in [1.82, 2.24) is 18.9 Å². The molecule has 202 valence electrons. The number of esters is 1. The van der Waals surface area contributed by atoms with Gasteiger partial charge in [0, 0.05) is 38.5 Å². The van der Waals surface area contributed by atoms with Crippen LogP contribution in [0.2, 0.25) is 0 Å². The molecular formula is C22H35N5O7S2. The van der Waals surface area contributed by atoms with E-state index in [0.717, 1.165) is 0 Å². The van der Waals surface area contributed by atoms with E-state index in [1.807, 2.05) is 6.92 Å². The second-order valence-electron chi connectivity index (χ2n) is 8.77. The van der Waals surface area contributed by atoms with Crippen LogP contribution in [-0.4, -0.2) is 92.0 Å². The zero-order valence-corrected chi connectivity index (χ0v) is 22.8. The molecule has 14 heteroatoms. The minimum Gasteiger partial charge on any atom is -0.466 e. The molecule has 36 heavy (non-hydrogen) atoms. The van der Waals surface area contributed by atoms with Crippen LogP contribution in [-0.2, 0) is 35.7 Å². The largest absolute Gasteiger partial charge is 0.466 e. The lowest BCUT2D eigenvalue weighted by atomic mass is 10.0. The summed E-state index contributed by atoms with van der Waals surface area (Å²) < 4.78 is 39.0. The summed E-state index contributed by atoms with van der Waals surface area (Å²) in [5.41, 5.74) is 0.670. The van der Waals surface area contributed by atoms with Crippen molar-refractivity contribution in [3.8, 4) is 0 Å². The molecule has 12 nitrogen and oxygen atoms in total. The maximum Gasteiger partial charge on any atom is 0.407 e. The lowest BCUT2D eigenvalue weighted by Gasteiger charge is -2.29. The fourth-order valence-corrected chi connectivity index (χ4v) is 7.26. The van der Waals surface area contributed by atoms with E-state index < -0.39 is 34.2 Å². The van der Waals surface area contributed by atoms with Crippen molar-refractivity contribution >= 4 is 44.6 Å². The summed E-state index contributed by atoms with van der Waals surface area (Å²) in [6.45, 7) is 6.68. The summed E-state index contributed by atoms with van der Waals surface area (Å²) in [5.74, 6) is -1.01. The Balaban J connectivity index is 1.56. The van der Waals surface area contributed by atoms with E-state index in [1.165, 1.54) is 19.9 Å². The quantitative estimate of drug-likeness (QED) is 0.389. The van der Waals surface area contributed by atoms with Crippen LogP contribution in [0.1, 0.15) is 45.7 Å². The van der Waals surface area contributed by atoms with Crippen molar-refractivity contribution in [3.63, 3.8) is 0 Å². The van der Waals surface area contributed by atoms with Crippen LogP contribution in [0.3, 0.4) is 0 Å². The molecule has 0 aliphatic carbocycles. The summed E-state index contributed by atoms with van der Waals surface area (Å²) >= 11 is 1.31. The Kier molecular flexibility index (Phi) is 9.66. The highest BCUT2D eigenvalue weighted by Gasteiger charge is 2.56. The number of hydrogen-bond donors (Lipinski definition) is 1. The molecule has 0 bridgehead atoms. The standard InChI is InChI=1S/C22H35N5O7S2/c1-5-11-25(4)36(31,32)26-12-8-17-19(26)15(3)20(29)27(17)21-24-16(14-35-21)9-13-34-22(30)23-10-7-18(28)33-6-2/h14-15,17,19H,5-13H2,1-4H3,(H,23,30)/t15-,17-,19+/m0/s1. The molecule has 0 spiro atoms. The second kappa shape index (κ2) is 12.3. The van der Waals surface area contributed by atoms with Crippen LogP contribution < -0.4 is 10.2 Å². The number of alkyl carbamates (subject to hydrolysis) is 1. The first-order valence-corrected chi connectivity index (χ1v) is 14.5. The second-order valence-corrected chi connectivity index (χ2v) is 11.6. The number of aromatic nitrogens is 1. The number of hydrogen-bond acceptors (Lipinski definition) is 9. The van der Waals surface area contributed by atoms with Crippen LogP contribution in [0.5, 0.6) is 0 Å². The number of carbonyl (C=O) groups excluding carboxylic acids is 3. The van der Waals surface area contributed by atoms with E-state index in [4.69, 9.17) is 9.47 Å². The molecule has 1 N–H and O–H groups in total. The van der Waals surface area contributed by atoms with Gasteiger partial charge >= 0.3 is 12.1 Å². The van der Waals surface area contributed by atoms with Crippen molar-refractivity contribution in [1.29, 1.82) is 0 Å². The molecule has 2 saturated heterocycles. The third kappa shape index (κ3) is 6.15. The molecular weight excluding hydrogens is 510 g/mol. The van der Waals surface area contributed by atoms with Gasteiger partial charge in [-0.25, -0.2) is 9.78 Å². The van der Waals surface area contributed by atoms with Gasteiger partial charge in [0.25, 0.3) is 10.2 Å². The summed E-state index contributed by atoms with van der Waals surface area (Å²) in [7, 11) is -2.09. The normalized spacial score (nSPS) is 22.2. The molecule has 0 saturated carbocycles. The van der Waals surface area contributed by atoms with Crippen molar-refractivity contribution in [2.24, 2.45) is 5.92 Å². The van der Waals surface area contributed by atoms with E-state index in [-0.39, 0.29) is 38.1 Å². The molecule has 2 amide bonds. The Morgan fingerprint density at radius 2 is 2.06 bits per heavy atom. The van der Waals surface area contributed by atoms with Gasteiger partial charge in [-0.3, -0.25) is 14.5 Å². The molecule has 3 heterocycles. The first-order valence-electron chi connectivity index (χ1n) is 12.2. The van der Waals surface area contributed by atoms with E-state index >= 15 is 0 Å². The number of amides is 2. The highest BCUT2D eigenvalue weighted by Crippen LogP contribution is 2.41. The minimum absolute atomic E-state index is 0.0659. The fraction of sp³-hybridized carbons (Fsp3) is 0.727. The van der Waals surface area contributed by atoms with Crippen molar-refractivity contribution in [3.05, 3.63) is 11.1 Å². The van der Waals surface area contributed by atoms with Gasteiger partial charge in [-0.15, -0.1) is 11.3 Å². The van der Waals surface area contributed by atoms with Crippen LogP contribution >= 0.6 is 11.3 Å². The average Bonchev–Trinajstić information content (AvgIpc) is 3.52. The predicted molar refractivity (Wildman–Crippen MR) is 134 cm³/mol. The first-order chi connectivity index (χ1) is 17.1. The number of ether oxygens (including phenoxy) is 2. The molecule has 2 aliphatic rings. The van der Waals surface area contributed by atoms with E-state index in [0.29, 0.717) is 43.2 Å². The van der Waals surface area contributed by atoms with Gasteiger partial charge in [-0.2, -0.15) is 17.0 Å². The summed E-state index contributed by atoms with van der Waals surface area (Å²) in [4.78, 5) is 42.4. The fourth-order valence-electron chi connectivity index (χ4n) is 4.60. The number of carbonyl (C=O) groups is 3. The van der Waals surface area contributed by atoms with Gasteiger partial charge in [0.2, 0.25) is 5.91 Å². The van der Waals surface area contributed by atoms with Crippen molar-refractivity contribution in [2.75, 3.05) is 44.8 Å². The number of fused-ring (bicyclic) bond motifs is 1. The third-order valence-electron chi connectivity index (χ3n) is 6.31. The lowest BCUT2D eigenvalue weighted by Crippen LogP contribution is -2.48. The Morgan fingerprint density at radius 1 is 1.31 bits per heavy atom. The monoisotopic (exact) mass is 545 g/mol. The van der Waals surface area contributed by atoms with Crippen LogP contribution in [0, 0.1) is 5.92 Å².